The molecule has 1 aromatic heterocycles. The third kappa shape index (κ3) is 6.79. The smallest absolute Gasteiger partial charge is 0.290 e. The molecular weight excluding hydrogens is 502 g/mol. The lowest BCUT2D eigenvalue weighted by Gasteiger charge is -2.31. The van der Waals surface area contributed by atoms with Crippen molar-refractivity contribution in [1.29, 1.82) is 0 Å². The van der Waals surface area contributed by atoms with Crippen LogP contribution in [0, 0.1) is 23.3 Å². The van der Waals surface area contributed by atoms with Crippen LogP contribution >= 0.6 is 0 Å². The molecule has 192 valence electrons. The van der Waals surface area contributed by atoms with E-state index in [-0.39, 0.29) is 24.4 Å². The molecule has 1 aliphatic rings. The van der Waals surface area contributed by atoms with Crippen molar-refractivity contribution in [2.24, 2.45) is 0 Å². The average molecular weight is 526 g/mol. The van der Waals surface area contributed by atoms with E-state index >= 15 is 0 Å². The van der Waals surface area contributed by atoms with Crippen LogP contribution < -0.4 is 5.32 Å². The van der Waals surface area contributed by atoms with Crippen LogP contribution in [-0.4, -0.2) is 43.0 Å². The summed E-state index contributed by atoms with van der Waals surface area (Å²) in [5, 5.41) is 9.67. The van der Waals surface area contributed by atoms with Crippen molar-refractivity contribution in [2.75, 3.05) is 18.4 Å². The highest BCUT2D eigenvalue weighted by Crippen LogP contribution is 2.27. The summed E-state index contributed by atoms with van der Waals surface area (Å²) in [6, 6.07) is 8.58. The van der Waals surface area contributed by atoms with Gasteiger partial charge in [0.1, 0.15) is 28.2 Å². The molecule has 7 nitrogen and oxygen atoms in total. The largest absolute Gasteiger partial charge is 0.483 e. The molecule has 0 atom stereocenters. The van der Waals surface area contributed by atoms with E-state index in [1.165, 1.54) is 6.07 Å². The van der Waals surface area contributed by atoms with Crippen LogP contribution in [0.1, 0.15) is 23.2 Å². The topological polar surface area (TPSA) is 99.6 Å². The summed E-state index contributed by atoms with van der Waals surface area (Å²) in [7, 11) is -4.42. The van der Waals surface area contributed by atoms with Gasteiger partial charge in [-0.2, -0.15) is 0 Å². The second-order valence-corrected chi connectivity index (χ2v) is 9.89. The predicted molar refractivity (Wildman–Crippen MR) is 124 cm³/mol. The molecule has 0 bridgehead atoms. The molecule has 1 fully saturated rings. The van der Waals surface area contributed by atoms with Crippen molar-refractivity contribution in [3.63, 3.8) is 0 Å². The fraction of sp³-hybridized carbons (Fsp3) is 0.250. The molecule has 4 rings (SSSR count). The van der Waals surface area contributed by atoms with Crippen molar-refractivity contribution >= 4 is 22.0 Å². The van der Waals surface area contributed by atoms with Crippen LogP contribution in [0.2, 0.25) is 0 Å². The summed E-state index contributed by atoms with van der Waals surface area (Å²) >= 11 is 0. The first-order valence-electron chi connectivity index (χ1n) is 10.8. The van der Waals surface area contributed by atoms with Crippen LogP contribution in [0.5, 0.6) is 0 Å². The normalized spacial score (nSPS) is 13.3. The third-order valence-corrected chi connectivity index (χ3v) is 7.15. The standard InChI is InChI=1S/C23H21F4N3O2S.CH2O2/c24-16-5-6-17(28-11-16)14-33(31,32)23-21(26)9-18(10-22(23)27)29-12-19-15(3-1-4-20(19)25)13-30-7-2-8-30;2-1-3/h1,3-6,9-11,29H,2,7-8,12-14H2;1H,(H,2,3). The van der Waals surface area contributed by atoms with Crippen LogP contribution in [0.3, 0.4) is 0 Å². The molecule has 1 aliphatic heterocycles. The molecule has 0 radical (unpaired) electrons. The molecule has 0 aliphatic carbocycles. The number of benzene rings is 2. The Labute approximate surface area is 205 Å². The van der Waals surface area contributed by atoms with Crippen molar-refractivity contribution in [2.45, 2.75) is 30.2 Å². The monoisotopic (exact) mass is 525 g/mol. The molecule has 0 spiro atoms. The number of likely N-dealkylation sites (tertiary alicyclic amines) is 1. The molecule has 0 unspecified atom stereocenters. The minimum atomic E-state index is -4.42. The van der Waals surface area contributed by atoms with Crippen molar-refractivity contribution in [3.8, 4) is 0 Å². The Bertz CT molecular complexity index is 1290. The second-order valence-electron chi connectivity index (χ2n) is 7.96. The van der Waals surface area contributed by atoms with E-state index in [9.17, 15) is 26.0 Å². The molecule has 1 saturated heterocycles. The highest BCUT2D eigenvalue weighted by Gasteiger charge is 2.26. The lowest BCUT2D eigenvalue weighted by atomic mass is 10.0. The highest BCUT2D eigenvalue weighted by atomic mass is 32.2. The fourth-order valence-electron chi connectivity index (χ4n) is 3.64. The summed E-state index contributed by atoms with van der Waals surface area (Å²) in [4.78, 5) is 13.1. The van der Waals surface area contributed by atoms with Crippen molar-refractivity contribution < 1.29 is 35.9 Å². The number of pyridine rings is 1. The zero-order valence-corrected chi connectivity index (χ0v) is 19.7. The average Bonchev–Trinajstić information content (AvgIpc) is 2.77. The van der Waals surface area contributed by atoms with Gasteiger partial charge in [-0.05, 0) is 55.4 Å². The maximum atomic E-state index is 14.7. The first-order chi connectivity index (χ1) is 17.1. The van der Waals surface area contributed by atoms with E-state index in [1.54, 1.807) is 12.1 Å². The highest BCUT2D eigenvalue weighted by molar-refractivity contribution is 7.90. The fourth-order valence-corrected chi connectivity index (χ4v) is 5.05. The quantitative estimate of drug-likeness (QED) is 0.337. The van der Waals surface area contributed by atoms with Gasteiger partial charge in [0.15, 0.2) is 9.84 Å². The number of nitrogens with zero attached hydrogens (tertiary/aromatic N) is 2. The van der Waals surface area contributed by atoms with Gasteiger partial charge in [0.05, 0.1) is 17.6 Å². The summed E-state index contributed by atoms with van der Waals surface area (Å²) in [5.74, 6) is -4.45. The molecule has 2 heterocycles. The van der Waals surface area contributed by atoms with Gasteiger partial charge in [0.2, 0.25) is 0 Å². The van der Waals surface area contributed by atoms with Gasteiger partial charge in [-0.25, -0.2) is 26.0 Å². The van der Waals surface area contributed by atoms with Gasteiger partial charge in [-0.3, -0.25) is 14.7 Å². The van der Waals surface area contributed by atoms with E-state index in [1.807, 2.05) is 0 Å². The Kier molecular flexibility index (Phi) is 8.99. The van der Waals surface area contributed by atoms with E-state index in [0.29, 0.717) is 12.1 Å². The van der Waals surface area contributed by atoms with Gasteiger partial charge in [0.25, 0.3) is 6.47 Å². The minimum absolute atomic E-state index is 0.0259. The van der Waals surface area contributed by atoms with Gasteiger partial charge in [-0.15, -0.1) is 0 Å². The Morgan fingerprint density at radius 3 is 2.25 bits per heavy atom. The van der Waals surface area contributed by atoms with Gasteiger partial charge in [-0.1, -0.05) is 12.1 Å². The van der Waals surface area contributed by atoms with Gasteiger partial charge in [0, 0.05) is 24.3 Å². The zero-order valence-electron chi connectivity index (χ0n) is 18.9. The molecule has 36 heavy (non-hydrogen) atoms. The minimum Gasteiger partial charge on any atom is -0.483 e. The number of aromatic nitrogens is 1. The number of hydrogen-bond donors (Lipinski definition) is 2. The maximum Gasteiger partial charge on any atom is 0.290 e. The van der Waals surface area contributed by atoms with E-state index < -0.39 is 43.8 Å². The summed E-state index contributed by atoms with van der Waals surface area (Å²) in [5.41, 5.74) is 1.08. The Hall–Kier alpha value is -3.51. The molecule has 2 aromatic carbocycles. The molecule has 0 amide bonds. The first kappa shape index (κ1) is 27.1. The number of rotatable bonds is 8. The van der Waals surface area contributed by atoms with E-state index in [0.717, 1.165) is 55.5 Å². The van der Waals surface area contributed by atoms with Crippen molar-refractivity contribution in [3.05, 3.63) is 88.8 Å². The Balaban J connectivity index is 0.00000115. The molecule has 0 saturated carbocycles. The van der Waals surface area contributed by atoms with Crippen LogP contribution in [0.25, 0.3) is 0 Å². The lowest BCUT2D eigenvalue weighted by molar-refractivity contribution is -0.122. The van der Waals surface area contributed by atoms with Crippen LogP contribution in [-0.2, 0) is 33.5 Å². The first-order valence-corrected chi connectivity index (χ1v) is 12.4. The molecular formula is C24H23F4N3O4S. The van der Waals surface area contributed by atoms with Crippen LogP contribution in [0.15, 0.2) is 53.6 Å². The zero-order chi connectivity index (χ0) is 26.3. The van der Waals surface area contributed by atoms with Gasteiger partial charge >= 0.3 is 0 Å². The number of hydrogen-bond acceptors (Lipinski definition) is 6. The van der Waals surface area contributed by atoms with Gasteiger partial charge < -0.3 is 10.4 Å². The predicted octanol–water partition coefficient (Wildman–Crippen LogP) is 4.13. The van der Waals surface area contributed by atoms with E-state index in [2.05, 4.69) is 15.2 Å². The van der Waals surface area contributed by atoms with Crippen LogP contribution in [0.4, 0.5) is 23.2 Å². The number of halogens is 4. The van der Waals surface area contributed by atoms with E-state index in [4.69, 9.17) is 9.90 Å². The maximum absolute atomic E-state index is 14.7. The van der Waals surface area contributed by atoms with Crippen molar-refractivity contribution in [1.82, 2.24) is 9.88 Å². The Morgan fingerprint density at radius 2 is 1.69 bits per heavy atom. The summed E-state index contributed by atoms with van der Waals surface area (Å²) in [6.45, 7) is 2.17. The summed E-state index contributed by atoms with van der Waals surface area (Å²) in [6.07, 6.45) is 1.91. The summed E-state index contributed by atoms with van der Waals surface area (Å²) < 4.78 is 81.8. The lowest BCUT2D eigenvalue weighted by Crippen LogP contribution is -2.36. The second kappa shape index (κ2) is 12.0. The number of sulfone groups is 1. The molecule has 12 heteroatoms. The Morgan fingerprint density at radius 1 is 1.03 bits per heavy atom. The third-order valence-electron chi connectivity index (χ3n) is 5.46. The number of carbonyl (C=O) groups is 1. The molecule has 3 aromatic rings. The number of anilines is 1. The number of carboxylic acid groups (broad SMARTS) is 1. The molecule has 2 N–H and O–H groups in total. The number of nitrogens with one attached hydrogen (secondary N) is 1. The SMILES string of the molecule is O=CO.O=S(=O)(Cc1ccc(F)cn1)c1c(F)cc(NCc2c(F)cccc2CN2CCC2)cc1F.